The molecule has 0 bridgehead atoms. The highest BCUT2D eigenvalue weighted by Gasteiger charge is 2.08. The number of carbonyl (C=O) groups excluding carboxylic acids is 2. The highest BCUT2D eigenvalue weighted by Crippen LogP contribution is 2.12. The molecular formula is C11H9FN4O2. The molecule has 0 spiro atoms. The van der Waals surface area contributed by atoms with Gasteiger partial charge in [-0.2, -0.15) is 0 Å². The minimum atomic E-state index is -0.516. The van der Waals surface area contributed by atoms with Crippen molar-refractivity contribution >= 4 is 17.9 Å². The van der Waals surface area contributed by atoms with Gasteiger partial charge in [-0.1, -0.05) is 17.3 Å². The number of aromatic nitrogens is 3. The van der Waals surface area contributed by atoms with Crippen molar-refractivity contribution in [2.24, 2.45) is 0 Å². The third-order valence-corrected chi connectivity index (χ3v) is 2.13. The molecule has 0 aliphatic carbocycles. The molecule has 0 saturated carbocycles. The van der Waals surface area contributed by atoms with Crippen LogP contribution in [0.15, 0.2) is 30.5 Å². The lowest BCUT2D eigenvalue weighted by Gasteiger charge is -2.05. The fourth-order valence-corrected chi connectivity index (χ4v) is 1.34. The lowest BCUT2D eigenvalue weighted by molar-refractivity contribution is -0.117. The van der Waals surface area contributed by atoms with Gasteiger partial charge in [0.2, 0.25) is 5.91 Å². The van der Waals surface area contributed by atoms with Crippen LogP contribution in [0, 0.1) is 5.82 Å². The van der Waals surface area contributed by atoms with Crippen molar-refractivity contribution in [2.45, 2.75) is 6.54 Å². The Morgan fingerprint density at radius 2 is 2.22 bits per heavy atom. The van der Waals surface area contributed by atoms with Crippen LogP contribution in [0.25, 0.3) is 0 Å². The highest BCUT2D eigenvalue weighted by molar-refractivity contribution is 5.90. The monoisotopic (exact) mass is 248 g/mol. The minimum Gasteiger partial charge on any atom is -0.322 e. The summed E-state index contributed by atoms with van der Waals surface area (Å²) in [5.41, 5.74) is 0.229. The maximum absolute atomic E-state index is 13.3. The number of amides is 1. The summed E-state index contributed by atoms with van der Waals surface area (Å²) in [4.78, 5) is 22.0. The number of aldehydes is 1. The van der Waals surface area contributed by atoms with Crippen LogP contribution >= 0.6 is 0 Å². The van der Waals surface area contributed by atoms with E-state index in [0.29, 0.717) is 6.29 Å². The SMILES string of the molecule is O=Cc1cn(CC(=O)Nc2ccccc2F)nn1. The van der Waals surface area contributed by atoms with Crippen molar-refractivity contribution in [3.8, 4) is 0 Å². The van der Waals surface area contributed by atoms with Gasteiger partial charge in [0.1, 0.15) is 18.1 Å². The standard InChI is InChI=1S/C11H9FN4O2/c12-9-3-1-2-4-10(9)13-11(18)6-16-5-8(7-17)14-15-16/h1-5,7H,6H2,(H,13,18). The van der Waals surface area contributed by atoms with Gasteiger partial charge in [-0.05, 0) is 12.1 Å². The lowest BCUT2D eigenvalue weighted by atomic mass is 10.3. The minimum absolute atomic E-state index is 0.0956. The van der Waals surface area contributed by atoms with Crippen LogP contribution in [0.5, 0.6) is 0 Å². The molecule has 2 aromatic rings. The van der Waals surface area contributed by atoms with E-state index in [1.54, 1.807) is 6.07 Å². The van der Waals surface area contributed by atoms with E-state index in [1.165, 1.54) is 29.1 Å². The Morgan fingerprint density at radius 3 is 2.89 bits per heavy atom. The second-order valence-corrected chi connectivity index (χ2v) is 3.49. The third kappa shape index (κ3) is 2.76. The van der Waals surface area contributed by atoms with Gasteiger partial charge in [0.05, 0.1) is 11.9 Å². The van der Waals surface area contributed by atoms with Crippen molar-refractivity contribution in [1.29, 1.82) is 0 Å². The smallest absolute Gasteiger partial charge is 0.246 e. The fourth-order valence-electron chi connectivity index (χ4n) is 1.34. The van der Waals surface area contributed by atoms with Crippen LogP contribution in [0.4, 0.5) is 10.1 Å². The number of anilines is 1. The number of nitrogens with zero attached hydrogens (tertiary/aromatic N) is 3. The van der Waals surface area contributed by atoms with Crippen molar-refractivity contribution in [1.82, 2.24) is 15.0 Å². The summed E-state index contributed by atoms with van der Waals surface area (Å²) in [6.07, 6.45) is 1.85. The quantitative estimate of drug-likeness (QED) is 0.814. The van der Waals surface area contributed by atoms with E-state index in [0.717, 1.165) is 0 Å². The number of halogens is 1. The molecule has 0 radical (unpaired) electrons. The highest BCUT2D eigenvalue weighted by atomic mass is 19.1. The Hall–Kier alpha value is -2.57. The first kappa shape index (κ1) is 11.9. The van der Waals surface area contributed by atoms with Crippen LogP contribution in [0.1, 0.15) is 10.5 Å². The number of benzene rings is 1. The van der Waals surface area contributed by atoms with Crippen molar-refractivity contribution in [3.05, 3.63) is 42.0 Å². The Labute approximate surface area is 101 Å². The van der Waals surface area contributed by atoms with Gasteiger partial charge in [-0.15, -0.1) is 5.10 Å². The first-order chi connectivity index (χ1) is 8.69. The molecule has 92 valence electrons. The van der Waals surface area contributed by atoms with E-state index in [9.17, 15) is 14.0 Å². The van der Waals surface area contributed by atoms with E-state index >= 15 is 0 Å². The molecule has 0 aliphatic heterocycles. The molecule has 2 rings (SSSR count). The molecular weight excluding hydrogens is 239 g/mol. The number of nitrogens with one attached hydrogen (secondary N) is 1. The Kier molecular flexibility index (Phi) is 3.42. The average molecular weight is 248 g/mol. The molecule has 1 N–H and O–H groups in total. The zero-order valence-electron chi connectivity index (χ0n) is 9.21. The zero-order valence-corrected chi connectivity index (χ0v) is 9.21. The summed E-state index contributed by atoms with van der Waals surface area (Å²) >= 11 is 0. The first-order valence-corrected chi connectivity index (χ1v) is 5.09. The van der Waals surface area contributed by atoms with Gasteiger partial charge in [-0.25, -0.2) is 9.07 Å². The topological polar surface area (TPSA) is 76.9 Å². The second kappa shape index (κ2) is 5.17. The van der Waals surface area contributed by atoms with Crippen LogP contribution in [-0.2, 0) is 11.3 Å². The van der Waals surface area contributed by atoms with Crippen molar-refractivity contribution < 1.29 is 14.0 Å². The molecule has 18 heavy (non-hydrogen) atoms. The summed E-state index contributed by atoms with van der Waals surface area (Å²) in [5.74, 6) is -0.972. The number of carbonyl (C=O) groups is 2. The molecule has 0 fully saturated rings. The predicted molar refractivity (Wildman–Crippen MR) is 60.4 cm³/mol. The van der Waals surface area contributed by atoms with E-state index in [1.807, 2.05) is 0 Å². The van der Waals surface area contributed by atoms with Gasteiger partial charge in [0.15, 0.2) is 6.29 Å². The van der Waals surface area contributed by atoms with Gasteiger partial charge in [0, 0.05) is 0 Å². The number of hydrogen-bond donors (Lipinski definition) is 1. The van der Waals surface area contributed by atoms with Crippen molar-refractivity contribution in [2.75, 3.05) is 5.32 Å². The zero-order chi connectivity index (χ0) is 13.0. The second-order valence-electron chi connectivity index (χ2n) is 3.49. The van der Waals surface area contributed by atoms with Gasteiger partial charge < -0.3 is 5.32 Å². The maximum atomic E-state index is 13.3. The molecule has 0 unspecified atom stereocenters. The molecule has 0 aliphatic rings. The number of para-hydroxylation sites is 1. The van der Waals surface area contributed by atoms with Crippen LogP contribution in [0.2, 0.25) is 0 Å². The molecule has 7 heteroatoms. The third-order valence-electron chi connectivity index (χ3n) is 2.13. The van der Waals surface area contributed by atoms with E-state index in [-0.39, 0.29) is 17.9 Å². The summed E-state index contributed by atoms with van der Waals surface area (Å²) < 4.78 is 14.4. The van der Waals surface area contributed by atoms with E-state index < -0.39 is 11.7 Å². The van der Waals surface area contributed by atoms with Gasteiger partial charge in [0.25, 0.3) is 0 Å². The fraction of sp³-hybridized carbons (Fsp3) is 0.0909. The molecule has 6 nitrogen and oxygen atoms in total. The normalized spacial score (nSPS) is 10.1. The largest absolute Gasteiger partial charge is 0.322 e. The molecule has 0 atom stereocenters. The number of hydrogen-bond acceptors (Lipinski definition) is 4. The molecule has 1 aromatic heterocycles. The van der Waals surface area contributed by atoms with Gasteiger partial charge >= 0.3 is 0 Å². The Bertz CT molecular complexity index is 582. The molecule has 0 saturated heterocycles. The average Bonchev–Trinajstić information content (AvgIpc) is 2.80. The predicted octanol–water partition coefficient (Wildman–Crippen LogP) is 0.868. The van der Waals surface area contributed by atoms with Gasteiger partial charge in [-0.3, -0.25) is 9.59 Å². The Balaban J connectivity index is 2.01. The van der Waals surface area contributed by atoms with E-state index in [4.69, 9.17) is 0 Å². The van der Waals surface area contributed by atoms with Crippen LogP contribution in [0.3, 0.4) is 0 Å². The Morgan fingerprint density at radius 1 is 1.44 bits per heavy atom. The number of rotatable bonds is 4. The lowest BCUT2D eigenvalue weighted by Crippen LogP contribution is -2.19. The van der Waals surface area contributed by atoms with E-state index in [2.05, 4.69) is 15.6 Å². The first-order valence-electron chi connectivity index (χ1n) is 5.09. The van der Waals surface area contributed by atoms with Crippen LogP contribution in [-0.4, -0.2) is 27.2 Å². The summed E-state index contributed by atoms with van der Waals surface area (Å²) in [5, 5.41) is 9.47. The molecule has 1 amide bonds. The molecule has 1 aromatic carbocycles. The summed E-state index contributed by atoms with van der Waals surface area (Å²) in [7, 11) is 0. The van der Waals surface area contributed by atoms with Crippen molar-refractivity contribution in [3.63, 3.8) is 0 Å². The molecule has 1 heterocycles. The summed E-state index contributed by atoms with van der Waals surface area (Å²) in [6, 6.07) is 5.83. The summed E-state index contributed by atoms with van der Waals surface area (Å²) in [6.45, 7) is -0.144. The maximum Gasteiger partial charge on any atom is 0.246 e. The van der Waals surface area contributed by atoms with Crippen LogP contribution < -0.4 is 5.32 Å².